The van der Waals surface area contributed by atoms with Gasteiger partial charge in [-0.25, -0.2) is 4.39 Å². The molecule has 1 heterocycles. The van der Waals surface area contributed by atoms with Gasteiger partial charge in [0.1, 0.15) is 23.9 Å². The largest absolute Gasteiger partial charge is 0.492 e. The molecule has 0 unspecified atom stereocenters. The summed E-state index contributed by atoms with van der Waals surface area (Å²) >= 11 is 0. The fourth-order valence-corrected chi connectivity index (χ4v) is 2.73. The van der Waals surface area contributed by atoms with Crippen LogP contribution in [0.3, 0.4) is 0 Å². The molecule has 1 aliphatic heterocycles. The van der Waals surface area contributed by atoms with Crippen molar-refractivity contribution in [3.63, 3.8) is 0 Å². The number of benzene rings is 2. The molecule has 3 rings (SSSR count). The zero-order valence-electron chi connectivity index (χ0n) is 14.2. The van der Waals surface area contributed by atoms with Crippen molar-refractivity contribution < 1.29 is 18.8 Å². The molecule has 1 N–H and O–H groups in total. The second-order valence-corrected chi connectivity index (χ2v) is 5.79. The first-order valence-electron chi connectivity index (χ1n) is 8.37. The Morgan fingerprint density at radius 3 is 2.62 bits per heavy atom. The Bertz CT molecular complexity index is 749. The summed E-state index contributed by atoms with van der Waals surface area (Å²) in [5.74, 6) is 0.218. The minimum Gasteiger partial charge on any atom is -0.492 e. The molecule has 0 saturated carbocycles. The van der Waals surface area contributed by atoms with Gasteiger partial charge in [-0.05, 0) is 36.4 Å². The van der Waals surface area contributed by atoms with Gasteiger partial charge in [0.15, 0.2) is 0 Å². The first-order valence-corrected chi connectivity index (χ1v) is 8.37. The maximum absolute atomic E-state index is 12.9. The molecular weight excluding hydrogens is 341 g/mol. The highest BCUT2D eigenvalue weighted by Crippen LogP contribution is 2.30. The minimum atomic E-state index is -0.410. The van der Waals surface area contributed by atoms with E-state index in [9.17, 15) is 14.5 Å². The summed E-state index contributed by atoms with van der Waals surface area (Å²) in [7, 11) is 0. The van der Waals surface area contributed by atoms with Crippen molar-refractivity contribution in [3.8, 4) is 5.75 Å². The highest BCUT2D eigenvalue weighted by molar-refractivity contribution is 5.69. The zero-order valence-corrected chi connectivity index (χ0v) is 14.2. The number of anilines is 2. The van der Waals surface area contributed by atoms with Gasteiger partial charge in [-0.2, -0.15) is 0 Å². The molecule has 0 spiro atoms. The monoisotopic (exact) mass is 361 g/mol. The van der Waals surface area contributed by atoms with Crippen LogP contribution in [0.25, 0.3) is 0 Å². The maximum Gasteiger partial charge on any atom is 0.292 e. The third kappa shape index (κ3) is 4.60. The molecule has 0 aromatic heterocycles. The molecule has 1 fully saturated rings. The van der Waals surface area contributed by atoms with Gasteiger partial charge in [0.2, 0.25) is 0 Å². The molecule has 0 atom stereocenters. The van der Waals surface area contributed by atoms with E-state index in [-0.39, 0.29) is 11.5 Å². The van der Waals surface area contributed by atoms with Crippen molar-refractivity contribution in [2.75, 3.05) is 49.7 Å². The minimum absolute atomic E-state index is 0.0174. The number of nitrogens with one attached hydrogen (secondary N) is 1. The lowest BCUT2D eigenvalue weighted by Crippen LogP contribution is -2.36. The van der Waals surface area contributed by atoms with Gasteiger partial charge >= 0.3 is 0 Å². The summed E-state index contributed by atoms with van der Waals surface area (Å²) in [6, 6.07) is 10.8. The maximum atomic E-state index is 12.9. The summed E-state index contributed by atoms with van der Waals surface area (Å²) in [6.45, 7) is 3.47. The predicted octanol–water partition coefficient (Wildman–Crippen LogP) is 3.06. The summed E-state index contributed by atoms with van der Waals surface area (Å²) in [5, 5.41) is 14.3. The summed E-state index contributed by atoms with van der Waals surface area (Å²) < 4.78 is 23.7. The van der Waals surface area contributed by atoms with Crippen LogP contribution in [-0.2, 0) is 4.74 Å². The summed E-state index contributed by atoms with van der Waals surface area (Å²) in [6.07, 6.45) is 0. The molecule has 8 heteroatoms. The third-order valence-corrected chi connectivity index (χ3v) is 4.05. The molecule has 7 nitrogen and oxygen atoms in total. The van der Waals surface area contributed by atoms with E-state index in [0.717, 1.165) is 18.8 Å². The average molecular weight is 361 g/mol. The Balaban J connectivity index is 1.62. The Morgan fingerprint density at radius 1 is 1.19 bits per heavy atom. The molecule has 2 aromatic carbocycles. The lowest BCUT2D eigenvalue weighted by molar-refractivity contribution is -0.383. The van der Waals surface area contributed by atoms with E-state index in [4.69, 9.17) is 9.47 Å². The van der Waals surface area contributed by atoms with Crippen LogP contribution in [0.2, 0.25) is 0 Å². The van der Waals surface area contributed by atoms with E-state index < -0.39 is 4.92 Å². The number of halogens is 1. The topological polar surface area (TPSA) is 76.9 Å². The number of rotatable bonds is 7. The number of morpholine rings is 1. The Morgan fingerprint density at radius 2 is 1.92 bits per heavy atom. The van der Waals surface area contributed by atoms with Gasteiger partial charge < -0.3 is 19.7 Å². The Hall–Kier alpha value is -2.87. The van der Waals surface area contributed by atoms with E-state index in [0.29, 0.717) is 37.8 Å². The van der Waals surface area contributed by atoms with E-state index in [1.165, 1.54) is 30.3 Å². The van der Waals surface area contributed by atoms with Crippen molar-refractivity contribution in [2.45, 2.75) is 0 Å². The molecule has 0 radical (unpaired) electrons. The standard InChI is InChI=1S/C18H20FN3O4/c19-14-1-4-16(5-2-14)26-10-7-20-17-13-15(3-6-18(17)22(23)24)21-8-11-25-12-9-21/h1-6,13,20H,7-12H2. The summed E-state index contributed by atoms with van der Waals surface area (Å²) in [4.78, 5) is 13.0. The van der Waals surface area contributed by atoms with Crippen LogP contribution >= 0.6 is 0 Å². The van der Waals surface area contributed by atoms with E-state index >= 15 is 0 Å². The number of nitrogens with zero attached hydrogens (tertiary/aromatic N) is 2. The lowest BCUT2D eigenvalue weighted by Gasteiger charge is -2.29. The van der Waals surface area contributed by atoms with Gasteiger partial charge in [0.25, 0.3) is 5.69 Å². The van der Waals surface area contributed by atoms with Crippen molar-refractivity contribution in [1.82, 2.24) is 0 Å². The molecule has 1 saturated heterocycles. The van der Waals surface area contributed by atoms with Gasteiger partial charge in [0, 0.05) is 31.4 Å². The van der Waals surface area contributed by atoms with E-state index in [1.54, 1.807) is 12.1 Å². The average Bonchev–Trinajstić information content (AvgIpc) is 2.67. The number of nitro benzene ring substituents is 1. The highest BCUT2D eigenvalue weighted by Gasteiger charge is 2.18. The third-order valence-electron chi connectivity index (χ3n) is 4.05. The zero-order chi connectivity index (χ0) is 18.4. The molecule has 1 aliphatic rings. The van der Waals surface area contributed by atoms with Crippen molar-refractivity contribution in [2.24, 2.45) is 0 Å². The second kappa shape index (κ2) is 8.48. The van der Waals surface area contributed by atoms with Gasteiger partial charge in [-0.1, -0.05) is 0 Å². The van der Waals surface area contributed by atoms with Crippen LogP contribution < -0.4 is 15.0 Å². The number of ether oxygens (including phenoxy) is 2. The van der Waals surface area contributed by atoms with Crippen LogP contribution in [0, 0.1) is 15.9 Å². The van der Waals surface area contributed by atoms with Crippen molar-refractivity contribution in [1.29, 1.82) is 0 Å². The molecular formula is C18H20FN3O4. The molecule has 2 aromatic rings. The number of hydrogen-bond acceptors (Lipinski definition) is 6. The molecule has 0 amide bonds. The smallest absolute Gasteiger partial charge is 0.292 e. The van der Waals surface area contributed by atoms with Gasteiger partial charge in [-0.3, -0.25) is 10.1 Å². The second-order valence-electron chi connectivity index (χ2n) is 5.79. The van der Waals surface area contributed by atoms with E-state index in [1.807, 2.05) is 0 Å². The van der Waals surface area contributed by atoms with Crippen LogP contribution in [0.5, 0.6) is 5.75 Å². The fourth-order valence-electron chi connectivity index (χ4n) is 2.73. The SMILES string of the molecule is O=[N+]([O-])c1ccc(N2CCOCC2)cc1NCCOc1ccc(F)cc1. The van der Waals surface area contributed by atoms with Crippen LogP contribution in [0.1, 0.15) is 0 Å². The Labute approximate surface area is 150 Å². The Kier molecular flexibility index (Phi) is 5.85. The van der Waals surface area contributed by atoms with Crippen LogP contribution in [0.15, 0.2) is 42.5 Å². The normalized spacial score (nSPS) is 14.1. The predicted molar refractivity (Wildman–Crippen MR) is 96.5 cm³/mol. The van der Waals surface area contributed by atoms with Crippen molar-refractivity contribution in [3.05, 3.63) is 58.4 Å². The molecule has 0 bridgehead atoms. The molecule has 138 valence electrons. The first kappa shape index (κ1) is 17.9. The highest BCUT2D eigenvalue weighted by atomic mass is 19.1. The fraction of sp³-hybridized carbons (Fsp3) is 0.333. The first-order chi connectivity index (χ1) is 12.6. The van der Waals surface area contributed by atoms with E-state index in [2.05, 4.69) is 10.2 Å². The molecule has 26 heavy (non-hydrogen) atoms. The van der Waals surface area contributed by atoms with Crippen LogP contribution in [0.4, 0.5) is 21.5 Å². The van der Waals surface area contributed by atoms with Crippen molar-refractivity contribution >= 4 is 17.1 Å². The quantitative estimate of drug-likeness (QED) is 0.464. The number of hydrogen-bond donors (Lipinski definition) is 1. The number of nitro groups is 1. The van der Waals surface area contributed by atoms with Crippen LogP contribution in [-0.4, -0.2) is 44.4 Å². The van der Waals surface area contributed by atoms with Gasteiger partial charge in [-0.15, -0.1) is 0 Å². The molecule has 0 aliphatic carbocycles. The van der Waals surface area contributed by atoms with Gasteiger partial charge in [0.05, 0.1) is 18.1 Å². The summed E-state index contributed by atoms with van der Waals surface area (Å²) in [5.41, 5.74) is 1.38. The lowest BCUT2D eigenvalue weighted by atomic mass is 10.2.